The summed E-state index contributed by atoms with van der Waals surface area (Å²) in [5.74, 6) is 1.01. The fourth-order valence-corrected chi connectivity index (χ4v) is 1.76. The average Bonchev–Trinajstić information content (AvgIpc) is 1.56. The Hall–Kier alpha value is -0.0400. The van der Waals surface area contributed by atoms with E-state index in [-0.39, 0.29) is 0 Å². The zero-order valence-electron chi connectivity index (χ0n) is 6.02. The molecule has 0 N–H and O–H groups in total. The van der Waals surface area contributed by atoms with Crippen molar-refractivity contribution in [2.24, 2.45) is 11.3 Å². The van der Waals surface area contributed by atoms with Gasteiger partial charge in [-0.05, 0) is 18.8 Å². The van der Waals surface area contributed by atoms with Gasteiger partial charge >= 0.3 is 0 Å². The van der Waals surface area contributed by atoms with Crippen LogP contribution in [0.25, 0.3) is 0 Å². The summed E-state index contributed by atoms with van der Waals surface area (Å²) in [5, 5.41) is 0. The van der Waals surface area contributed by atoms with Gasteiger partial charge in [-0.1, -0.05) is 13.3 Å². The maximum absolute atomic E-state index is 5.19. The molecule has 0 spiro atoms. The van der Waals surface area contributed by atoms with Crippen LogP contribution >= 0.6 is 0 Å². The molecular weight excluding hydrogens is 112 g/mol. The van der Waals surface area contributed by atoms with Crippen molar-refractivity contribution in [1.29, 1.82) is 0 Å². The monoisotopic (exact) mass is 126 g/mol. The lowest BCUT2D eigenvalue weighted by molar-refractivity contribution is -0.150. The molecule has 1 saturated heterocycles. The van der Waals surface area contributed by atoms with Crippen LogP contribution in [-0.4, -0.2) is 13.2 Å². The fourth-order valence-electron chi connectivity index (χ4n) is 1.76. The number of hydrogen-bond donors (Lipinski definition) is 0. The van der Waals surface area contributed by atoms with Gasteiger partial charge in [-0.3, -0.25) is 0 Å². The molecule has 1 aliphatic heterocycles. The van der Waals surface area contributed by atoms with E-state index < -0.39 is 0 Å². The molecule has 1 heteroatoms. The molecule has 0 aromatic rings. The normalized spacial score (nSPS) is 33.0. The van der Waals surface area contributed by atoms with Crippen LogP contribution in [0.5, 0.6) is 0 Å². The molecule has 0 aromatic carbocycles. The van der Waals surface area contributed by atoms with Crippen LogP contribution in [0.4, 0.5) is 0 Å². The maximum atomic E-state index is 5.19. The summed E-state index contributed by atoms with van der Waals surface area (Å²) < 4.78 is 5.19. The number of hydrogen-bond acceptors (Lipinski definition) is 1. The van der Waals surface area contributed by atoms with Crippen LogP contribution < -0.4 is 0 Å². The minimum absolute atomic E-state index is 0.595. The minimum atomic E-state index is 0.595. The zero-order chi connectivity index (χ0) is 6.32. The first kappa shape index (κ1) is 5.72. The molecule has 9 heavy (non-hydrogen) atoms. The van der Waals surface area contributed by atoms with Gasteiger partial charge in [0, 0.05) is 5.41 Å². The first-order valence-electron chi connectivity index (χ1n) is 3.89. The predicted molar refractivity (Wildman–Crippen MR) is 36.3 cm³/mol. The van der Waals surface area contributed by atoms with Crippen molar-refractivity contribution in [3.8, 4) is 0 Å². The third-order valence-corrected chi connectivity index (χ3v) is 2.95. The van der Waals surface area contributed by atoms with Crippen molar-refractivity contribution in [2.45, 2.75) is 26.2 Å². The summed E-state index contributed by atoms with van der Waals surface area (Å²) in [7, 11) is 0. The third kappa shape index (κ3) is 0.710. The van der Waals surface area contributed by atoms with Crippen molar-refractivity contribution in [3.05, 3.63) is 0 Å². The largest absolute Gasteiger partial charge is 0.380 e. The summed E-state index contributed by atoms with van der Waals surface area (Å²) in [6, 6.07) is 0. The van der Waals surface area contributed by atoms with Gasteiger partial charge in [0.15, 0.2) is 0 Å². The summed E-state index contributed by atoms with van der Waals surface area (Å²) in [6.45, 7) is 4.41. The van der Waals surface area contributed by atoms with E-state index in [1.165, 1.54) is 19.3 Å². The average molecular weight is 126 g/mol. The van der Waals surface area contributed by atoms with E-state index in [1.54, 1.807) is 0 Å². The molecule has 0 bridgehead atoms. The van der Waals surface area contributed by atoms with Gasteiger partial charge in [-0.25, -0.2) is 0 Å². The molecule has 0 amide bonds. The molecule has 2 rings (SSSR count). The maximum Gasteiger partial charge on any atom is 0.0544 e. The van der Waals surface area contributed by atoms with E-state index >= 15 is 0 Å². The Labute approximate surface area is 56.4 Å². The summed E-state index contributed by atoms with van der Waals surface area (Å²) in [6.07, 6.45) is 4.37. The lowest BCUT2D eigenvalue weighted by atomic mass is 9.65. The van der Waals surface area contributed by atoms with Crippen molar-refractivity contribution in [1.82, 2.24) is 0 Å². The highest BCUT2D eigenvalue weighted by Crippen LogP contribution is 2.46. The first-order chi connectivity index (χ1) is 4.31. The highest BCUT2D eigenvalue weighted by Gasteiger charge is 2.43. The number of rotatable bonds is 1. The van der Waals surface area contributed by atoms with Crippen LogP contribution in [0.1, 0.15) is 26.2 Å². The molecule has 2 aliphatic rings. The zero-order valence-corrected chi connectivity index (χ0v) is 6.02. The topological polar surface area (TPSA) is 9.23 Å². The molecule has 0 radical (unpaired) electrons. The van der Waals surface area contributed by atoms with Crippen molar-refractivity contribution >= 4 is 0 Å². The summed E-state index contributed by atoms with van der Waals surface area (Å²) in [4.78, 5) is 0. The van der Waals surface area contributed by atoms with Crippen LogP contribution in [0.3, 0.4) is 0 Å². The molecule has 0 aromatic heterocycles. The van der Waals surface area contributed by atoms with Crippen LogP contribution in [-0.2, 0) is 4.74 Å². The van der Waals surface area contributed by atoms with Gasteiger partial charge in [-0.2, -0.15) is 0 Å². The SMILES string of the molecule is CC1(C2CCC2)COC1. The van der Waals surface area contributed by atoms with Crippen molar-refractivity contribution in [3.63, 3.8) is 0 Å². The molecule has 1 saturated carbocycles. The fraction of sp³-hybridized carbons (Fsp3) is 1.00. The lowest BCUT2D eigenvalue weighted by Crippen LogP contribution is -2.48. The van der Waals surface area contributed by atoms with Crippen LogP contribution in [0.15, 0.2) is 0 Å². The molecule has 52 valence electrons. The van der Waals surface area contributed by atoms with Gasteiger partial charge in [0.05, 0.1) is 13.2 Å². The van der Waals surface area contributed by atoms with Gasteiger partial charge in [0.25, 0.3) is 0 Å². The van der Waals surface area contributed by atoms with Crippen LogP contribution in [0.2, 0.25) is 0 Å². The van der Waals surface area contributed by atoms with E-state index in [1.807, 2.05) is 0 Å². The van der Waals surface area contributed by atoms with E-state index in [4.69, 9.17) is 4.74 Å². The summed E-state index contributed by atoms with van der Waals surface area (Å²) >= 11 is 0. The van der Waals surface area contributed by atoms with E-state index in [0.29, 0.717) is 5.41 Å². The third-order valence-electron chi connectivity index (χ3n) is 2.95. The van der Waals surface area contributed by atoms with E-state index in [0.717, 1.165) is 19.1 Å². The van der Waals surface area contributed by atoms with Gasteiger partial charge < -0.3 is 4.74 Å². The van der Waals surface area contributed by atoms with E-state index in [2.05, 4.69) is 6.92 Å². The first-order valence-corrected chi connectivity index (χ1v) is 3.89. The van der Waals surface area contributed by atoms with Crippen molar-refractivity contribution in [2.75, 3.05) is 13.2 Å². The van der Waals surface area contributed by atoms with Gasteiger partial charge in [0.1, 0.15) is 0 Å². The van der Waals surface area contributed by atoms with E-state index in [9.17, 15) is 0 Å². The second-order valence-corrected chi connectivity index (χ2v) is 3.77. The molecule has 1 heterocycles. The Bertz CT molecular complexity index is 112. The quantitative estimate of drug-likeness (QED) is 0.520. The Balaban J connectivity index is 1.94. The smallest absolute Gasteiger partial charge is 0.0544 e. The minimum Gasteiger partial charge on any atom is -0.380 e. The molecule has 0 unspecified atom stereocenters. The van der Waals surface area contributed by atoms with Gasteiger partial charge in [0.2, 0.25) is 0 Å². The Morgan fingerprint density at radius 3 is 2.11 bits per heavy atom. The Morgan fingerprint density at radius 2 is 2.00 bits per heavy atom. The molecule has 1 aliphatic carbocycles. The molecule has 1 nitrogen and oxygen atoms in total. The summed E-state index contributed by atoms with van der Waals surface area (Å²) in [5.41, 5.74) is 0.595. The molecule has 0 atom stereocenters. The Morgan fingerprint density at radius 1 is 1.33 bits per heavy atom. The second kappa shape index (κ2) is 1.72. The molecule has 2 fully saturated rings. The Kier molecular flexibility index (Phi) is 1.10. The lowest BCUT2D eigenvalue weighted by Gasteiger charge is -2.48. The van der Waals surface area contributed by atoms with Crippen molar-refractivity contribution < 1.29 is 4.74 Å². The van der Waals surface area contributed by atoms with Gasteiger partial charge in [-0.15, -0.1) is 0 Å². The highest BCUT2D eigenvalue weighted by atomic mass is 16.5. The second-order valence-electron chi connectivity index (χ2n) is 3.77. The standard InChI is InChI=1S/C8H14O/c1-8(5-9-6-8)7-3-2-4-7/h7H,2-6H2,1H3. The highest BCUT2D eigenvalue weighted by molar-refractivity contribution is 4.91. The number of ether oxygens (including phenoxy) is 1. The predicted octanol–water partition coefficient (Wildman–Crippen LogP) is 1.82. The van der Waals surface area contributed by atoms with Crippen LogP contribution in [0, 0.1) is 11.3 Å². The molecular formula is C8H14O.